The third-order valence-electron chi connectivity index (χ3n) is 7.56. The van der Waals surface area contributed by atoms with Crippen molar-refractivity contribution in [3.63, 3.8) is 0 Å². The number of unbranched alkanes of at least 4 members (excludes halogenated alkanes) is 3. The highest BCUT2D eigenvalue weighted by Crippen LogP contribution is 2.57. The van der Waals surface area contributed by atoms with Gasteiger partial charge in [-0.25, -0.2) is 8.79 Å². The summed E-state index contributed by atoms with van der Waals surface area (Å²) in [6.45, 7) is 3.40. The van der Waals surface area contributed by atoms with E-state index in [1.165, 1.54) is 0 Å². The number of carbonyl (C=O) groups excluding carboxylic acids is 1. The molecule has 1 spiro atoms. The predicted molar refractivity (Wildman–Crippen MR) is 141 cm³/mol. The first-order chi connectivity index (χ1) is 18.0. The number of halogens is 6. The van der Waals surface area contributed by atoms with Crippen molar-refractivity contribution >= 4 is 46.8 Å². The first kappa shape index (κ1) is 27.7. The van der Waals surface area contributed by atoms with Crippen molar-refractivity contribution < 1.29 is 27.1 Å². The van der Waals surface area contributed by atoms with E-state index in [4.69, 9.17) is 27.9 Å². The molecule has 1 saturated heterocycles. The molecule has 0 N–H and O–H groups in total. The molecule has 1 unspecified atom stereocenters. The quantitative estimate of drug-likeness (QED) is 0.142. The molecule has 0 saturated carbocycles. The second kappa shape index (κ2) is 10.3. The highest BCUT2D eigenvalue weighted by Gasteiger charge is 2.60. The van der Waals surface area contributed by atoms with Gasteiger partial charge in [0.25, 0.3) is 0 Å². The molecule has 0 radical (unpaired) electrons. The van der Waals surface area contributed by atoms with Gasteiger partial charge in [0.05, 0.1) is 35.5 Å². The van der Waals surface area contributed by atoms with Crippen LogP contribution >= 0.6 is 35.1 Å². The number of rotatable bonds is 7. The molecule has 0 aliphatic carbocycles. The normalized spacial score (nSPS) is 22.0. The van der Waals surface area contributed by atoms with Gasteiger partial charge in [0.2, 0.25) is 5.91 Å². The number of amides is 1. The average Bonchev–Trinajstić information content (AvgIpc) is 3.47. The van der Waals surface area contributed by atoms with Gasteiger partial charge in [-0.3, -0.25) is 4.79 Å². The fourth-order valence-electron chi connectivity index (χ4n) is 5.35. The Hall–Kier alpha value is -1.81. The molecule has 3 aliphatic rings. The van der Waals surface area contributed by atoms with E-state index in [1.54, 1.807) is 6.07 Å². The number of alkyl halides is 3. The Labute approximate surface area is 232 Å². The molecule has 2 aromatic rings. The summed E-state index contributed by atoms with van der Waals surface area (Å²) < 4.78 is 65.0. The van der Waals surface area contributed by atoms with Crippen molar-refractivity contribution in [3.05, 3.63) is 68.4 Å². The minimum Gasteiger partial charge on any atom is -0.362 e. The molecule has 38 heavy (non-hydrogen) atoms. The van der Waals surface area contributed by atoms with E-state index >= 15 is 0 Å². The lowest BCUT2D eigenvalue weighted by Gasteiger charge is -2.47. The number of fused-ring (bicyclic) bond motifs is 2. The van der Waals surface area contributed by atoms with Crippen molar-refractivity contribution in [2.24, 2.45) is 4.40 Å². The fraction of sp³-hybridized carbons (Fsp3) is 0.481. The highest BCUT2D eigenvalue weighted by molar-refractivity contribution is 7.99. The summed E-state index contributed by atoms with van der Waals surface area (Å²) in [5.74, 6) is -0.832. The number of hydrogen-bond donors (Lipinski definition) is 0. The highest BCUT2D eigenvalue weighted by atomic mass is 35.5. The molecule has 2 aromatic carbocycles. The zero-order valence-corrected chi connectivity index (χ0v) is 23.0. The van der Waals surface area contributed by atoms with E-state index in [9.17, 15) is 22.4 Å². The van der Waals surface area contributed by atoms with Gasteiger partial charge in [-0.15, -0.1) is 0 Å². The van der Waals surface area contributed by atoms with Crippen LogP contribution in [0.3, 0.4) is 0 Å². The van der Waals surface area contributed by atoms with Crippen LogP contribution in [-0.2, 0) is 26.5 Å². The van der Waals surface area contributed by atoms with Crippen molar-refractivity contribution in [2.75, 3.05) is 13.1 Å². The third-order valence-corrected chi connectivity index (χ3v) is 9.34. The van der Waals surface area contributed by atoms with Crippen LogP contribution in [0.1, 0.15) is 67.7 Å². The Bertz CT molecular complexity index is 1270. The van der Waals surface area contributed by atoms with Gasteiger partial charge in [0, 0.05) is 12.8 Å². The summed E-state index contributed by atoms with van der Waals surface area (Å²) >= 11 is 12.0. The van der Waals surface area contributed by atoms with Crippen molar-refractivity contribution in [2.45, 2.75) is 68.6 Å². The van der Waals surface area contributed by atoms with Crippen molar-refractivity contribution in [1.82, 2.24) is 4.90 Å². The lowest BCUT2D eigenvalue weighted by atomic mass is 9.83. The summed E-state index contributed by atoms with van der Waals surface area (Å²) in [7, 11) is 0. The maximum absolute atomic E-state index is 14.4. The number of likely N-dealkylation sites (tertiary alicyclic amines) is 1. The molecular weight excluding hydrogens is 563 g/mol. The summed E-state index contributed by atoms with van der Waals surface area (Å²) in [4.78, 5) is 14.3. The van der Waals surface area contributed by atoms with Gasteiger partial charge in [0.1, 0.15) is 5.60 Å². The second-order valence-corrected chi connectivity index (χ2v) is 12.0. The molecule has 0 aromatic heterocycles. The molecule has 1 fully saturated rings. The molecule has 11 heteroatoms. The molecule has 4 nitrogen and oxygen atoms in total. The minimum absolute atomic E-state index is 0.127. The third kappa shape index (κ3) is 4.73. The average molecular weight is 589 g/mol. The molecule has 5 rings (SSSR count). The van der Waals surface area contributed by atoms with Gasteiger partial charge in [0.15, 0.2) is 10.6 Å². The van der Waals surface area contributed by atoms with Gasteiger partial charge in [-0.2, -0.15) is 13.2 Å². The smallest absolute Gasteiger partial charge is 0.362 e. The maximum Gasteiger partial charge on any atom is 0.409 e. The van der Waals surface area contributed by atoms with Crippen LogP contribution in [0.25, 0.3) is 0 Å². The number of carbonyl (C=O) groups is 1. The van der Waals surface area contributed by atoms with E-state index < -0.39 is 38.8 Å². The van der Waals surface area contributed by atoms with Crippen molar-refractivity contribution in [1.29, 1.82) is 0 Å². The van der Waals surface area contributed by atoms with Gasteiger partial charge in [-0.05, 0) is 58.8 Å². The Kier molecular flexibility index (Phi) is 7.52. The van der Waals surface area contributed by atoms with E-state index in [2.05, 4.69) is 11.3 Å². The zero-order chi connectivity index (χ0) is 27.3. The molecule has 1 amide bonds. The summed E-state index contributed by atoms with van der Waals surface area (Å²) in [5.41, 5.74) is 1.86. The van der Waals surface area contributed by atoms with Crippen LogP contribution in [0.15, 0.2) is 34.7 Å². The van der Waals surface area contributed by atoms with Crippen molar-refractivity contribution in [3.8, 4) is 0 Å². The minimum atomic E-state index is -4.70. The van der Waals surface area contributed by atoms with Gasteiger partial charge < -0.3 is 9.64 Å². The SMILES string of the molecule is CCCCCCC(=O)N1CC2(C1)OCc1cc(C3=NSC(c4cc(Cl)c(F)c(Cl)c4)(C(F)(F)F)C3)ccc12. The van der Waals surface area contributed by atoms with Crippen LogP contribution in [0.5, 0.6) is 0 Å². The van der Waals surface area contributed by atoms with E-state index in [-0.39, 0.29) is 17.2 Å². The number of ether oxygens (including phenoxy) is 1. The monoisotopic (exact) mass is 588 g/mol. The number of benzene rings is 2. The molecule has 3 heterocycles. The van der Waals surface area contributed by atoms with Crippen LogP contribution in [0, 0.1) is 5.82 Å². The molecule has 0 bridgehead atoms. The zero-order valence-electron chi connectivity index (χ0n) is 20.6. The second-order valence-electron chi connectivity index (χ2n) is 10.1. The predicted octanol–water partition coefficient (Wildman–Crippen LogP) is 7.97. The Balaban J connectivity index is 1.32. The molecule has 1 atom stereocenters. The topological polar surface area (TPSA) is 41.9 Å². The number of nitrogens with zero attached hydrogens (tertiary/aromatic N) is 2. The summed E-state index contributed by atoms with van der Waals surface area (Å²) in [6, 6.07) is 7.37. The lowest BCUT2D eigenvalue weighted by Crippen LogP contribution is -2.61. The maximum atomic E-state index is 14.4. The van der Waals surface area contributed by atoms with Crippen LogP contribution < -0.4 is 0 Å². The first-order valence-electron chi connectivity index (χ1n) is 12.5. The molecule has 3 aliphatic heterocycles. The standard InChI is InChI=1S/C27H26Cl2F4N2O2S/c1-2-3-4-5-6-23(36)35-14-25(15-35)19-8-7-16(9-17(19)13-37-25)22-12-26(38-34-22,27(31,32)33)18-10-20(28)24(30)21(29)11-18/h7-11H,2-6,12-15H2,1H3. The van der Waals surface area contributed by atoms with Gasteiger partial charge in [-0.1, -0.05) is 61.5 Å². The van der Waals surface area contributed by atoms with Crippen LogP contribution in [0.4, 0.5) is 17.6 Å². The first-order valence-corrected chi connectivity index (χ1v) is 14.0. The fourth-order valence-corrected chi connectivity index (χ4v) is 6.80. The lowest BCUT2D eigenvalue weighted by molar-refractivity contribution is -0.168. The van der Waals surface area contributed by atoms with Crippen LogP contribution in [0.2, 0.25) is 10.0 Å². The Morgan fingerprint density at radius 1 is 1.13 bits per heavy atom. The Morgan fingerprint density at radius 2 is 1.84 bits per heavy atom. The molecular formula is C27H26Cl2F4N2O2S. The van der Waals surface area contributed by atoms with Gasteiger partial charge >= 0.3 is 6.18 Å². The largest absolute Gasteiger partial charge is 0.409 e. The summed E-state index contributed by atoms with van der Waals surface area (Å²) in [5, 5.41) is -0.946. The number of hydrogen-bond acceptors (Lipinski definition) is 4. The molecule has 204 valence electrons. The van der Waals surface area contributed by atoms with E-state index in [1.807, 2.05) is 17.0 Å². The van der Waals surface area contributed by atoms with Crippen LogP contribution in [-0.4, -0.2) is 35.8 Å². The Morgan fingerprint density at radius 3 is 2.50 bits per heavy atom. The summed E-state index contributed by atoms with van der Waals surface area (Å²) in [6.07, 6.45) is -0.458. The van der Waals surface area contributed by atoms with E-state index in [0.29, 0.717) is 43.6 Å². The van der Waals surface area contributed by atoms with E-state index in [0.717, 1.165) is 48.9 Å².